The number of hydrogen-bond acceptors (Lipinski definition) is 4. The molecule has 5 heteroatoms. The summed E-state index contributed by atoms with van der Waals surface area (Å²) in [5.74, 6) is -0.0442. The lowest BCUT2D eigenvalue weighted by molar-refractivity contribution is -0.164. The summed E-state index contributed by atoms with van der Waals surface area (Å²) >= 11 is 0. The van der Waals surface area contributed by atoms with Crippen molar-refractivity contribution in [1.82, 2.24) is 4.90 Å². The van der Waals surface area contributed by atoms with Crippen LogP contribution in [0.3, 0.4) is 0 Å². The van der Waals surface area contributed by atoms with E-state index in [4.69, 9.17) is 4.74 Å². The first-order valence-corrected chi connectivity index (χ1v) is 10.3. The van der Waals surface area contributed by atoms with Crippen LogP contribution in [0.4, 0.5) is 0 Å². The minimum Gasteiger partial charge on any atom is -0.496 e. The average Bonchev–Trinajstić information content (AvgIpc) is 2.71. The van der Waals surface area contributed by atoms with Gasteiger partial charge in [0.2, 0.25) is 0 Å². The molecule has 5 nitrogen and oxygen atoms in total. The van der Waals surface area contributed by atoms with Crippen LogP contribution in [0.5, 0.6) is 5.75 Å². The number of aliphatic hydroxyl groups is 1. The number of carboxylic acids is 1. The van der Waals surface area contributed by atoms with Gasteiger partial charge in [-0.05, 0) is 55.4 Å². The summed E-state index contributed by atoms with van der Waals surface area (Å²) in [5, 5.41) is 20.7. The van der Waals surface area contributed by atoms with Crippen molar-refractivity contribution in [3.05, 3.63) is 65.2 Å². The molecule has 3 rings (SSSR count). The molecule has 2 N–H and O–H groups in total. The van der Waals surface area contributed by atoms with Gasteiger partial charge in [-0.2, -0.15) is 0 Å². The zero-order valence-electron chi connectivity index (χ0n) is 17.3. The van der Waals surface area contributed by atoms with Crippen molar-refractivity contribution in [2.75, 3.05) is 20.2 Å². The number of carbonyl (C=O) groups is 1. The number of aliphatic carboxylic acids is 1. The third-order valence-electron chi connectivity index (χ3n) is 6.08. The normalized spacial score (nSPS) is 22.4. The SMILES string of the molecule is COc1ccc(CN2CC[C@@H](O)[C@](CCCc3ccccc3)(C(=O)O)C2)cc1C. The predicted octanol–water partition coefficient (Wildman–Crippen LogP) is 3.66. The maximum atomic E-state index is 12.3. The van der Waals surface area contributed by atoms with Gasteiger partial charge in [-0.3, -0.25) is 9.69 Å². The first-order valence-electron chi connectivity index (χ1n) is 10.3. The number of aryl methyl sites for hydroxylation is 2. The smallest absolute Gasteiger partial charge is 0.313 e. The van der Waals surface area contributed by atoms with Crippen LogP contribution in [0.2, 0.25) is 0 Å². The van der Waals surface area contributed by atoms with Gasteiger partial charge in [-0.25, -0.2) is 0 Å². The number of ether oxygens (including phenoxy) is 1. The number of rotatable bonds is 8. The Hall–Kier alpha value is -2.37. The van der Waals surface area contributed by atoms with E-state index in [0.29, 0.717) is 32.5 Å². The number of methoxy groups -OCH3 is 1. The fraction of sp³-hybridized carbons (Fsp3) is 0.458. The molecule has 2 aromatic carbocycles. The monoisotopic (exact) mass is 397 g/mol. The molecular formula is C24H31NO4. The number of carboxylic acid groups (broad SMARTS) is 1. The quantitative estimate of drug-likeness (QED) is 0.711. The maximum Gasteiger partial charge on any atom is 0.313 e. The van der Waals surface area contributed by atoms with Gasteiger partial charge in [0, 0.05) is 19.6 Å². The third-order valence-corrected chi connectivity index (χ3v) is 6.08. The summed E-state index contributed by atoms with van der Waals surface area (Å²) in [6.45, 7) is 3.74. The molecule has 1 fully saturated rings. The molecule has 0 aromatic heterocycles. The molecule has 2 atom stereocenters. The number of benzene rings is 2. The second kappa shape index (κ2) is 9.42. The Balaban J connectivity index is 1.69. The molecule has 0 bridgehead atoms. The van der Waals surface area contributed by atoms with Gasteiger partial charge in [0.1, 0.15) is 11.2 Å². The summed E-state index contributed by atoms with van der Waals surface area (Å²) in [5.41, 5.74) is 2.27. The summed E-state index contributed by atoms with van der Waals surface area (Å²) < 4.78 is 5.32. The second-order valence-electron chi connectivity index (χ2n) is 8.12. The van der Waals surface area contributed by atoms with Crippen molar-refractivity contribution in [3.63, 3.8) is 0 Å². The van der Waals surface area contributed by atoms with E-state index in [-0.39, 0.29) is 0 Å². The zero-order valence-corrected chi connectivity index (χ0v) is 17.3. The molecule has 1 heterocycles. The highest BCUT2D eigenvalue weighted by Gasteiger charge is 2.48. The van der Waals surface area contributed by atoms with Gasteiger partial charge >= 0.3 is 5.97 Å². The van der Waals surface area contributed by atoms with Gasteiger partial charge in [-0.15, -0.1) is 0 Å². The van der Waals surface area contributed by atoms with Gasteiger partial charge in [0.05, 0.1) is 13.2 Å². The summed E-state index contributed by atoms with van der Waals surface area (Å²) in [6, 6.07) is 16.1. The predicted molar refractivity (Wildman–Crippen MR) is 113 cm³/mol. The largest absolute Gasteiger partial charge is 0.496 e. The van der Waals surface area contributed by atoms with Crippen LogP contribution in [0.15, 0.2) is 48.5 Å². The summed E-state index contributed by atoms with van der Waals surface area (Å²) in [6.07, 6.45) is 1.69. The van der Waals surface area contributed by atoms with E-state index < -0.39 is 17.5 Å². The Labute approximate surface area is 172 Å². The van der Waals surface area contributed by atoms with E-state index in [1.165, 1.54) is 5.56 Å². The fourth-order valence-electron chi connectivity index (χ4n) is 4.41. The number of piperidine rings is 1. The Kier molecular flexibility index (Phi) is 6.93. The molecule has 29 heavy (non-hydrogen) atoms. The van der Waals surface area contributed by atoms with Gasteiger partial charge < -0.3 is 14.9 Å². The molecule has 2 aromatic rings. The van der Waals surface area contributed by atoms with E-state index in [2.05, 4.69) is 23.1 Å². The lowest BCUT2D eigenvalue weighted by atomic mass is 9.73. The molecular weight excluding hydrogens is 366 g/mol. The highest BCUT2D eigenvalue weighted by molar-refractivity contribution is 5.76. The van der Waals surface area contributed by atoms with Crippen LogP contribution < -0.4 is 4.74 Å². The molecule has 0 radical (unpaired) electrons. The van der Waals surface area contributed by atoms with E-state index in [9.17, 15) is 15.0 Å². The molecule has 156 valence electrons. The Morgan fingerprint density at radius 1 is 1.21 bits per heavy atom. The fourth-order valence-corrected chi connectivity index (χ4v) is 4.41. The zero-order chi connectivity index (χ0) is 20.9. The molecule has 0 saturated carbocycles. The Bertz CT molecular complexity index is 823. The minimum atomic E-state index is -1.12. The van der Waals surface area contributed by atoms with E-state index in [0.717, 1.165) is 29.7 Å². The first kappa shape index (κ1) is 21.3. The van der Waals surface area contributed by atoms with Crippen molar-refractivity contribution in [2.24, 2.45) is 5.41 Å². The van der Waals surface area contributed by atoms with Crippen LogP contribution in [0.25, 0.3) is 0 Å². The van der Waals surface area contributed by atoms with Crippen LogP contribution in [0, 0.1) is 12.3 Å². The average molecular weight is 398 g/mol. The van der Waals surface area contributed by atoms with Gasteiger partial charge in [0.15, 0.2) is 0 Å². The van der Waals surface area contributed by atoms with Crippen molar-refractivity contribution in [3.8, 4) is 5.75 Å². The maximum absolute atomic E-state index is 12.3. The Morgan fingerprint density at radius 3 is 2.62 bits per heavy atom. The van der Waals surface area contributed by atoms with Crippen molar-refractivity contribution in [2.45, 2.75) is 45.3 Å². The summed E-state index contributed by atoms with van der Waals surface area (Å²) in [4.78, 5) is 14.4. The van der Waals surface area contributed by atoms with Crippen molar-refractivity contribution >= 4 is 5.97 Å². The topological polar surface area (TPSA) is 70.0 Å². The lowest BCUT2D eigenvalue weighted by Crippen LogP contribution is -2.55. The van der Waals surface area contributed by atoms with Gasteiger partial charge in [0.25, 0.3) is 0 Å². The third kappa shape index (κ3) is 4.98. The van der Waals surface area contributed by atoms with Crippen molar-refractivity contribution in [1.29, 1.82) is 0 Å². The minimum absolute atomic E-state index is 0.364. The lowest BCUT2D eigenvalue weighted by Gasteiger charge is -2.43. The number of hydrogen-bond donors (Lipinski definition) is 2. The van der Waals surface area contributed by atoms with Crippen LogP contribution in [0.1, 0.15) is 36.0 Å². The molecule has 1 aliphatic rings. The number of likely N-dealkylation sites (tertiary alicyclic amines) is 1. The molecule has 0 unspecified atom stereocenters. The van der Waals surface area contributed by atoms with Crippen LogP contribution in [-0.4, -0.2) is 47.4 Å². The number of aliphatic hydroxyl groups excluding tert-OH is 1. The molecule has 0 aliphatic carbocycles. The molecule has 1 saturated heterocycles. The first-order chi connectivity index (χ1) is 13.9. The van der Waals surface area contributed by atoms with E-state index in [1.807, 2.05) is 37.3 Å². The standard InChI is InChI=1S/C24H31NO4/c1-18-15-20(10-11-21(18)29-2)16-25-14-12-22(26)24(17-25,23(27)28)13-6-9-19-7-4-3-5-8-19/h3-5,7-8,10-11,15,22,26H,6,9,12-14,16-17H2,1-2H3,(H,27,28)/t22-,24-/m1/s1. The molecule has 0 spiro atoms. The Morgan fingerprint density at radius 2 is 1.97 bits per heavy atom. The molecule has 1 aliphatic heterocycles. The van der Waals surface area contributed by atoms with Crippen LogP contribution in [-0.2, 0) is 17.8 Å². The van der Waals surface area contributed by atoms with E-state index >= 15 is 0 Å². The molecule has 0 amide bonds. The second-order valence-corrected chi connectivity index (χ2v) is 8.12. The number of nitrogens with zero attached hydrogens (tertiary/aromatic N) is 1. The van der Waals surface area contributed by atoms with Gasteiger partial charge in [-0.1, -0.05) is 42.5 Å². The highest BCUT2D eigenvalue weighted by atomic mass is 16.5. The van der Waals surface area contributed by atoms with Crippen molar-refractivity contribution < 1.29 is 19.7 Å². The summed E-state index contributed by atoms with van der Waals surface area (Å²) in [7, 11) is 1.66. The van der Waals surface area contributed by atoms with E-state index in [1.54, 1.807) is 7.11 Å². The highest BCUT2D eigenvalue weighted by Crippen LogP contribution is 2.37. The van der Waals surface area contributed by atoms with Crippen LogP contribution >= 0.6 is 0 Å².